The van der Waals surface area contributed by atoms with Crippen molar-refractivity contribution in [1.82, 2.24) is 4.98 Å². The summed E-state index contributed by atoms with van der Waals surface area (Å²) in [6.07, 6.45) is 1.74. The summed E-state index contributed by atoms with van der Waals surface area (Å²) in [5.74, 6) is -0.439. The molecular formula is C14H15N3O. The third-order valence-electron chi connectivity index (χ3n) is 2.70. The second-order valence-electron chi connectivity index (χ2n) is 4.03. The van der Waals surface area contributed by atoms with Crippen molar-refractivity contribution in [3.63, 3.8) is 0 Å². The molecule has 4 heteroatoms. The van der Waals surface area contributed by atoms with Crippen molar-refractivity contribution in [1.29, 1.82) is 0 Å². The number of hydrogen-bond acceptors (Lipinski definition) is 3. The van der Waals surface area contributed by atoms with E-state index in [1.54, 1.807) is 18.3 Å². The van der Waals surface area contributed by atoms with Crippen LogP contribution in [0.5, 0.6) is 0 Å². The van der Waals surface area contributed by atoms with Crippen LogP contribution < -0.4 is 11.1 Å². The average molecular weight is 241 g/mol. The zero-order valence-corrected chi connectivity index (χ0v) is 10.1. The van der Waals surface area contributed by atoms with Crippen LogP contribution in [0.4, 0.5) is 5.69 Å². The number of nitrogens with zero attached hydrogens (tertiary/aromatic N) is 1. The molecule has 2 aromatic rings. The van der Waals surface area contributed by atoms with Crippen LogP contribution >= 0.6 is 0 Å². The Labute approximate surface area is 106 Å². The van der Waals surface area contributed by atoms with Gasteiger partial charge in [-0.25, -0.2) is 0 Å². The smallest absolute Gasteiger partial charge is 0.250 e. The van der Waals surface area contributed by atoms with Crippen molar-refractivity contribution in [2.75, 3.05) is 5.32 Å². The molecule has 0 aliphatic carbocycles. The van der Waals surface area contributed by atoms with E-state index in [-0.39, 0.29) is 6.04 Å². The number of carbonyl (C=O) groups is 1. The largest absolute Gasteiger partial charge is 0.376 e. The van der Waals surface area contributed by atoms with Gasteiger partial charge in [0, 0.05) is 11.9 Å². The van der Waals surface area contributed by atoms with Gasteiger partial charge in [0.2, 0.25) is 0 Å². The number of para-hydroxylation sites is 1. The number of aromatic nitrogens is 1. The Balaban J connectivity index is 2.22. The van der Waals surface area contributed by atoms with Gasteiger partial charge in [0.05, 0.1) is 17.3 Å². The molecule has 18 heavy (non-hydrogen) atoms. The van der Waals surface area contributed by atoms with E-state index >= 15 is 0 Å². The van der Waals surface area contributed by atoms with Gasteiger partial charge in [-0.15, -0.1) is 0 Å². The minimum Gasteiger partial charge on any atom is -0.376 e. The number of rotatable bonds is 4. The maximum Gasteiger partial charge on any atom is 0.250 e. The topological polar surface area (TPSA) is 68.0 Å². The number of nitrogens with two attached hydrogens (primary N) is 1. The summed E-state index contributed by atoms with van der Waals surface area (Å²) in [5, 5.41) is 3.24. The maximum atomic E-state index is 11.3. The first-order chi connectivity index (χ1) is 8.68. The molecule has 0 saturated carbocycles. The third-order valence-corrected chi connectivity index (χ3v) is 2.70. The molecule has 92 valence electrons. The molecule has 1 heterocycles. The Kier molecular flexibility index (Phi) is 3.57. The van der Waals surface area contributed by atoms with E-state index in [4.69, 9.17) is 5.73 Å². The Morgan fingerprint density at radius 1 is 1.22 bits per heavy atom. The van der Waals surface area contributed by atoms with Crippen LogP contribution in [0.1, 0.15) is 29.0 Å². The lowest BCUT2D eigenvalue weighted by molar-refractivity contribution is 0.100. The van der Waals surface area contributed by atoms with E-state index in [0.717, 1.165) is 11.4 Å². The number of anilines is 1. The van der Waals surface area contributed by atoms with Gasteiger partial charge in [0.1, 0.15) is 0 Å². The summed E-state index contributed by atoms with van der Waals surface area (Å²) in [6, 6.07) is 12.9. The molecule has 0 aliphatic heterocycles. The summed E-state index contributed by atoms with van der Waals surface area (Å²) in [5.41, 5.74) is 7.46. The number of pyridine rings is 1. The minimum atomic E-state index is -0.439. The molecule has 1 aromatic carbocycles. The van der Waals surface area contributed by atoms with E-state index in [2.05, 4.69) is 10.3 Å². The van der Waals surface area contributed by atoms with E-state index in [1.807, 2.05) is 37.3 Å². The second-order valence-corrected chi connectivity index (χ2v) is 4.03. The van der Waals surface area contributed by atoms with E-state index in [0.29, 0.717) is 5.56 Å². The molecule has 1 unspecified atom stereocenters. The van der Waals surface area contributed by atoms with Crippen molar-refractivity contribution in [2.45, 2.75) is 13.0 Å². The minimum absolute atomic E-state index is 0.00620. The summed E-state index contributed by atoms with van der Waals surface area (Å²) in [7, 11) is 0. The van der Waals surface area contributed by atoms with E-state index in [9.17, 15) is 4.79 Å². The molecule has 3 N–H and O–H groups in total. The molecule has 0 radical (unpaired) electrons. The molecule has 1 aromatic heterocycles. The number of carbonyl (C=O) groups excluding carboxylic acids is 1. The molecule has 0 aliphatic rings. The molecular weight excluding hydrogens is 226 g/mol. The van der Waals surface area contributed by atoms with Crippen LogP contribution in [-0.4, -0.2) is 10.9 Å². The first-order valence-electron chi connectivity index (χ1n) is 5.75. The van der Waals surface area contributed by atoms with E-state index in [1.165, 1.54) is 0 Å². The quantitative estimate of drug-likeness (QED) is 0.863. The van der Waals surface area contributed by atoms with Crippen LogP contribution in [0.15, 0.2) is 48.7 Å². The van der Waals surface area contributed by atoms with E-state index < -0.39 is 5.91 Å². The lowest BCUT2D eigenvalue weighted by Crippen LogP contribution is -2.16. The predicted octanol–water partition coefficient (Wildman–Crippen LogP) is 2.35. The highest BCUT2D eigenvalue weighted by Crippen LogP contribution is 2.20. The molecule has 4 nitrogen and oxygen atoms in total. The first-order valence-corrected chi connectivity index (χ1v) is 5.75. The van der Waals surface area contributed by atoms with Crippen LogP contribution in [0.25, 0.3) is 0 Å². The van der Waals surface area contributed by atoms with Gasteiger partial charge in [-0.05, 0) is 31.2 Å². The van der Waals surface area contributed by atoms with Gasteiger partial charge < -0.3 is 11.1 Å². The van der Waals surface area contributed by atoms with Crippen molar-refractivity contribution in [2.24, 2.45) is 5.73 Å². The molecule has 1 atom stereocenters. The van der Waals surface area contributed by atoms with Crippen molar-refractivity contribution in [3.05, 3.63) is 59.9 Å². The molecule has 0 saturated heterocycles. The molecule has 1 amide bonds. The van der Waals surface area contributed by atoms with Gasteiger partial charge in [0.25, 0.3) is 5.91 Å². The van der Waals surface area contributed by atoms with Gasteiger partial charge in [-0.3, -0.25) is 9.78 Å². The third kappa shape index (κ3) is 2.66. The van der Waals surface area contributed by atoms with Gasteiger partial charge in [-0.1, -0.05) is 18.2 Å². The van der Waals surface area contributed by atoms with Gasteiger partial charge >= 0.3 is 0 Å². The highest BCUT2D eigenvalue weighted by atomic mass is 16.1. The highest BCUT2D eigenvalue weighted by molar-refractivity contribution is 5.98. The standard InChI is InChI=1S/C14H15N3O/c1-10(12-7-4-5-9-16-12)17-13-8-3-2-6-11(13)14(15)18/h2-10,17H,1H3,(H2,15,18). The summed E-state index contributed by atoms with van der Waals surface area (Å²) in [4.78, 5) is 15.6. The fourth-order valence-electron chi connectivity index (χ4n) is 1.76. The van der Waals surface area contributed by atoms with Crippen LogP contribution in [-0.2, 0) is 0 Å². The fourth-order valence-corrected chi connectivity index (χ4v) is 1.76. The number of hydrogen-bond donors (Lipinski definition) is 2. The monoisotopic (exact) mass is 241 g/mol. The first kappa shape index (κ1) is 12.1. The Bertz CT molecular complexity index is 540. The Morgan fingerprint density at radius 3 is 2.61 bits per heavy atom. The molecule has 0 bridgehead atoms. The van der Waals surface area contributed by atoms with Crippen molar-refractivity contribution < 1.29 is 4.79 Å². The lowest BCUT2D eigenvalue weighted by atomic mass is 10.1. The normalized spacial score (nSPS) is 11.8. The highest BCUT2D eigenvalue weighted by Gasteiger charge is 2.11. The van der Waals surface area contributed by atoms with Gasteiger partial charge in [0.15, 0.2) is 0 Å². The average Bonchev–Trinajstić information content (AvgIpc) is 2.40. The van der Waals surface area contributed by atoms with Crippen LogP contribution in [0, 0.1) is 0 Å². The number of amides is 1. The molecule has 2 rings (SSSR count). The SMILES string of the molecule is CC(Nc1ccccc1C(N)=O)c1ccccn1. The van der Waals surface area contributed by atoms with Crippen molar-refractivity contribution >= 4 is 11.6 Å². The number of nitrogens with one attached hydrogen (secondary N) is 1. The number of benzene rings is 1. The Morgan fingerprint density at radius 2 is 1.94 bits per heavy atom. The molecule has 0 fully saturated rings. The fraction of sp³-hybridized carbons (Fsp3) is 0.143. The summed E-state index contributed by atoms with van der Waals surface area (Å²) >= 11 is 0. The van der Waals surface area contributed by atoms with Crippen LogP contribution in [0.2, 0.25) is 0 Å². The van der Waals surface area contributed by atoms with Gasteiger partial charge in [-0.2, -0.15) is 0 Å². The summed E-state index contributed by atoms with van der Waals surface area (Å²) < 4.78 is 0. The second kappa shape index (κ2) is 5.31. The zero-order chi connectivity index (χ0) is 13.0. The lowest BCUT2D eigenvalue weighted by Gasteiger charge is -2.16. The summed E-state index contributed by atoms with van der Waals surface area (Å²) in [6.45, 7) is 1.99. The Hall–Kier alpha value is -2.36. The number of primary amides is 1. The predicted molar refractivity (Wildman–Crippen MR) is 71.2 cm³/mol. The zero-order valence-electron chi connectivity index (χ0n) is 10.1. The van der Waals surface area contributed by atoms with Crippen LogP contribution in [0.3, 0.4) is 0 Å². The maximum absolute atomic E-state index is 11.3. The van der Waals surface area contributed by atoms with Crippen molar-refractivity contribution in [3.8, 4) is 0 Å². The molecule has 0 spiro atoms.